The molecule has 4 heteroatoms. The summed E-state index contributed by atoms with van der Waals surface area (Å²) in [4.78, 5) is 11.0. The molecule has 0 radical (unpaired) electrons. The summed E-state index contributed by atoms with van der Waals surface area (Å²) in [6.45, 7) is 7.61. The lowest BCUT2D eigenvalue weighted by Gasteiger charge is -2.29. The highest BCUT2D eigenvalue weighted by Crippen LogP contribution is 2.08. The molecule has 2 N–H and O–H groups in total. The Morgan fingerprint density at radius 3 is 2.27 bits per heavy atom. The summed E-state index contributed by atoms with van der Waals surface area (Å²) in [5, 5.41) is 1.08. The van der Waals surface area contributed by atoms with Crippen LogP contribution >= 0.6 is 0 Å². The molecule has 0 aromatic carbocycles. The van der Waals surface area contributed by atoms with Crippen LogP contribution in [0.15, 0.2) is 0 Å². The largest absolute Gasteiger partial charge is 0.449 e. The van der Waals surface area contributed by atoms with Crippen LogP contribution in [-0.4, -0.2) is 23.2 Å². The van der Waals surface area contributed by atoms with E-state index in [0.29, 0.717) is 6.61 Å². The second kappa shape index (κ2) is 3.57. The minimum absolute atomic E-state index is 0.350. The van der Waals surface area contributed by atoms with Gasteiger partial charge in [-0.25, -0.2) is 15.6 Å². The number of hydrazine groups is 1. The molecule has 0 rings (SSSR count). The van der Waals surface area contributed by atoms with Crippen LogP contribution in [0.5, 0.6) is 0 Å². The first-order valence-electron chi connectivity index (χ1n) is 3.61. The van der Waals surface area contributed by atoms with Gasteiger partial charge in [0.05, 0.1) is 12.1 Å². The zero-order valence-corrected chi connectivity index (χ0v) is 7.55. The third-order valence-electron chi connectivity index (χ3n) is 1.19. The fourth-order valence-electron chi connectivity index (χ4n) is 0.467. The van der Waals surface area contributed by atoms with Crippen LogP contribution < -0.4 is 5.84 Å². The molecule has 0 spiro atoms. The van der Waals surface area contributed by atoms with Crippen LogP contribution in [-0.2, 0) is 4.74 Å². The molecule has 0 aliphatic heterocycles. The van der Waals surface area contributed by atoms with Crippen LogP contribution in [0, 0.1) is 0 Å². The predicted octanol–water partition coefficient (Wildman–Crippen LogP) is 1.12. The molecule has 0 aliphatic rings. The summed E-state index contributed by atoms with van der Waals surface area (Å²) in [6, 6.07) is 0. The molecule has 0 unspecified atom stereocenters. The van der Waals surface area contributed by atoms with Crippen molar-refractivity contribution in [3.63, 3.8) is 0 Å². The van der Waals surface area contributed by atoms with E-state index < -0.39 is 6.09 Å². The minimum atomic E-state index is -0.486. The summed E-state index contributed by atoms with van der Waals surface area (Å²) in [5.74, 6) is 5.44. The molecule has 0 heterocycles. The second-order valence-corrected chi connectivity index (χ2v) is 3.24. The first-order chi connectivity index (χ1) is 4.89. The number of amides is 1. The van der Waals surface area contributed by atoms with Crippen molar-refractivity contribution in [2.75, 3.05) is 6.61 Å². The lowest BCUT2D eigenvalue weighted by atomic mass is 10.1. The van der Waals surface area contributed by atoms with Crippen LogP contribution in [0.3, 0.4) is 0 Å². The predicted molar refractivity (Wildman–Crippen MR) is 42.8 cm³/mol. The van der Waals surface area contributed by atoms with Gasteiger partial charge in [-0.1, -0.05) is 0 Å². The van der Waals surface area contributed by atoms with E-state index in [4.69, 9.17) is 10.6 Å². The SMILES string of the molecule is CCOC(=O)N(N)C(C)(C)C. The standard InChI is InChI=1S/C7H16N2O2/c1-5-11-6(10)9(8)7(2,3)4/h5,8H2,1-4H3. The molecule has 0 aromatic rings. The number of hydrogen-bond donors (Lipinski definition) is 1. The fraction of sp³-hybridized carbons (Fsp3) is 0.857. The van der Waals surface area contributed by atoms with Gasteiger partial charge in [0, 0.05) is 0 Å². The Labute approximate surface area is 67.3 Å². The van der Waals surface area contributed by atoms with Gasteiger partial charge in [0.15, 0.2) is 0 Å². The van der Waals surface area contributed by atoms with E-state index in [0.717, 1.165) is 5.01 Å². The Balaban J connectivity index is 4.03. The first-order valence-corrected chi connectivity index (χ1v) is 3.61. The smallest absolute Gasteiger partial charge is 0.424 e. The van der Waals surface area contributed by atoms with Gasteiger partial charge in [-0.2, -0.15) is 0 Å². The molecular weight excluding hydrogens is 144 g/mol. The average Bonchev–Trinajstić information content (AvgIpc) is 1.85. The Morgan fingerprint density at radius 2 is 2.00 bits per heavy atom. The van der Waals surface area contributed by atoms with Gasteiger partial charge < -0.3 is 4.74 Å². The van der Waals surface area contributed by atoms with E-state index in [1.807, 2.05) is 20.8 Å². The summed E-state index contributed by atoms with van der Waals surface area (Å²) in [6.07, 6.45) is -0.486. The second-order valence-electron chi connectivity index (χ2n) is 3.24. The van der Waals surface area contributed by atoms with Crippen LogP contribution in [0.1, 0.15) is 27.7 Å². The molecule has 1 amide bonds. The zero-order valence-electron chi connectivity index (χ0n) is 7.55. The highest BCUT2D eigenvalue weighted by atomic mass is 16.6. The van der Waals surface area contributed by atoms with E-state index in [-0.39, 0.29) is 5.54 Å². The molecule has 0 bridgehead atoms. The van der Waals surface area contributed by atoms with E-state index in [1.54, 1.807) is 6.92 Å². The van der Waals surface area contributed by atoms with Crippen molar-refractivity contribution in [2.24, 2.45) is 5.84 Å². The van der Waals surface area contributed by atoms with Crippen LogP contribution in [0.4, 0.5) is 4.79 Å². The van der Waals surface area contributed by atoms with Crippen molar-refractivity contribution in [1.29, 1.82) is 0 Å². The fourth-order valence-corrected chi connectivity index (χ4v) is 0.467. The number of carbonyl (C=O) groups excluding carboxylic acids is 1. The summed E-state index contributed by atoms with van der Waals surface area (Å²) in [5.41, 5.74) is -0.383. The molecule has 0 atom stereocenters. The third-order valence-corrected chi connectivity index (χ3v) is 1.19. The first kappa shape index (κ1) is 10.2. The Kier molecular flexibility index (Phi) is 3.32. The number of ether oxygens (including phenoxy) is 1. The van der Waals surface area contributed by atoms with Gasteiger partial charge in [-0.3, -0.25) is 0 Å². The van der Waals surface area contributed by atoms with Crippen LogP contribution in [0.25, 0.3) is 0 Å². The van der Waals surface area contributed by atoms with Crippen molar-refractivity contribution in [2.45, 2.75) is 33.2 Å². The minimum Gasteiger partial charge on any atom is -0.449 e. The average molecular weight is 160 g/mol. The molecule has 0 aliphatic carbocycles. The highest BCUT2D eigenvalue weighted by molar-refractivity contribution is 5.67. The Morgan fingerprint density at radius 1 is 1.55 bits per heavy atom. The zero-order chi connectivity index (χ0) is 9.07. The van der Waals surface area contributed by atoms with Gasteiger partial charge in [0.2, 0.25) is 0 Å². The Hall–Kier alpha value is -0.770. The molecule has 4 nitrogen and oxygen atoms in total. The number of nitrogens with zero attached hydrogens (tertiary/aromatic N) is 1. The molecule has 0 aromatic heterocycles. The molecule has 66 valence electrons. The molecule has 0 saturated carbocycles. The lowest BCUT2D eigenvalue weighted by Crippen LogP contribution is -2.50. The molecule has 0 saturated heterocycles. The topological polar surface area (TPSA) is 55.6 Å². The molecular formula is C7H16N2O2. The van der Waals surface area contributed by atoms with E-state index in [9.17, 15) is 4.79 Å². The normalized spacial score (nSPS) is 11.0. The van der Waals surface area contributed by atoms with Crippen molar-refractivity contribution in [1.82, 2.24) is 5.01 Å². The third kappa shape index (κ3) is 3.23. The van der Waals surface area contributed by atoms with Gasteiger partial charge in [0.1, 0.15) is 0 Å². The van der Waals surface area contributed by atoms with Crippen molar-refractivity contribution >= 4 is 6.09 Å². The van der Waals surface area contributed by atoms with Gasteiger partial charge in [-0.05, 0) is 27.7 Å². The quantitative estimate of drug-likeness (QED) is 0.355. The molecule has 11 heavy (non-hydrogen) atoms. The monoisotopic (exact) mass is 160 g/mol. The van der Waals surface area contributed by atoms with Crippen molar-refractivity contribution in [3.05, 3.63) is 0 Å². The maximum atomic E-state index is 11.0. The number of hydrogen-bond acceptors (Lipinski definition) is 3. The lowest BCUT2D eigenvalue weighted by molar-refractivity contribution is 0.0713. The maximum Gasteiger partial charge on any atom is 0.424 e. The summed E-state index contributed by atoms with van der Waals surface area (Å²) >= 11 is 0. The summed E-state index contributed by atoms with van der Waals surface area (Å²) < 4.78 is 4.69. The summed E-state index contributed by atoms with van der Waals surface area (Å²) in [7, 11) is 0. The number of carbonyl (C=O) groups is 1. The molecule has 0 fully saturated rings. The van der Waals surface area contributed by atoms with Gasteiger partial charge in [0.25, 0.3) is 0 Å². The van der Waals surface area contributed by atoms with Crippen molar-refractivity contribution < 1.29 is 9.53 Å². The van der Waals surface area contributed by atoms with Gasteiger partial charge in [-0.15, -0.1) is 0 Å². The van der Waals surface area contributed by atoms with E-state index in [1.165, 1.54) is 0 Å². The maximum absolute atomic E-state index is 11.0. The number of rotatable bonds is 1. The van der Waals surface area contributed by atoms with Crippen molar-refractivity contribution in [3.8, 4) is 0 Å². The highest BCUT2D eigenvalue weighted by Gasteiger charge is 2.23. The number of nitrogens with two attached hydrogens (primary N) is 1. The van der Waals surface area contributed by atoms with E-state index >= 15 is 0 Å². The Bertz CT molecular complexity index is 140. The van der Waals surface area contributed by atoms with Gasteiger partial charge >= 0.3 is 6.09 Å². The van der Waals surface area contributed by atoms with E-state index in [2.05, 4.69) is 0 Å². The van der Waals surface area contributed by atoms with Crippen LogP contribution in [0.2, 0.25) is 0 Å².